The molecule has 0 unspecified atom stereocenters. The van der Waals surface area contributed by atoms with E-state index in [0.717, 1.165) is 11.1 Å². The highest BCUT2D eigenvalue weighted by Gasteiger charge is 2.18. The van der Waals surface area contributed by atoms with E-state index in [1.54, 1.807) is 17.3 Å². The minimum absolute atomic E-state index is 0.0566. The number of nitrogens with zero attached hydrogens (tertiary/aromatic N) is 1. The van der Waals surface area contributed by atoms with Crippen LogP contribution in [0.15, 0.2) is 65.7 Å². The zero-order chi connectivity index (χ0) is 14.9. The summed E-state index contributed by atoms with van der Waals surface area (Å²) in [6, 6.07) is 14.4. The average molecular weight is 302 g/mol. The number of sulfonamides is 1. The fraction of sp³-hybridized carbons (Fsp3) is 0.0667. The average Bonchev–Trinajstić information content (AvgIpc) is 3.01. The van der Waals surface area contributed by atoms with E-state index in [-0.39, 0.29) is 4.90 Å². The van der Waals surface area contributed by atoms with Gasteiger partial charge in [-0.25, -0.2) is 18.6 Å². The van der Waals surface area contributed by atoms with Gasteiger partial charge in [0.2, 0.25) is 10.0 Å². The molecule has 0 saturated carbocycles. The summed E-state index contributed by atoms with van der Waals surface area (Å²) in [6.45, 7) is 0.452. The first-order valence-electron chi connectivity index (χ1n) is 6.37. The lowest BCUT2D eigenvalue weighted by molar-refractivity contribution is 0.180. The van der Waals surface area contributed by atoms with Crippen molar-refractivity contribution in [2.75, 3.05) is 11.7 Å². The monoisotopic (exact) mass is 302 g/mol. The molecule has 0 radical (unpaired) electrons. The van der Waals surface area contributed by atoms with E-state index in [4.69, 9.17) is 9.98 Å². The van der Waals surface area contributed by atoms with Crippen molar-refractivity contribution in [3.63, 3.8) is 0 Å². The Bertz CT molecular complexity index is 786. The first kappa shape index (κ1) is 13.8. The largest absolute Gasteiger partial charge is 0.265 e. The minimum atomic E-state index is -3.76. The molecule has 6 heteroatoms. The number of anilines is 1. The van der Waals surface area contributed by atoms with Gasteiger partial charge in [0.1, 0.15) is 0 Å². The molecule has 0 aromatic heterocycles. The van der Waals surface area contributed by atoms with Crippen LogP contribution in [0.25, 0.3) is 11.1 Å². The van der Waals surface area contributed by atoms with E-state index >= 15 is 0 Å². The molecule has 21 heavy (non-hydrogen) atoms. The third-order valence-corrected chi connectivity index (χ3v) is 4.08. The Hall–Kier alpha value is -2.15. The molecule has 0 aliphatic carbocycles. The van der Waals surface area contributed by atoms with Crippen molar-refractivity contribution < 1.29 is 13.3 Å². The third kappa shape index (κ3) is 2.82. The van der Waals surface area contributed by atoms with Crippen molar-refractivity contribution in [1.29, 1.82) is 0 Å². The van der Waals surface area contributed by atoms with Gasteiger partial charge in [0.05, 0.1) is 17.2 Å². The molecule has 0 fully saturated rings. The number of nitrogens with two attached hydrogens (primary N) is 1. The zero-order valence-corrected chi connectivity index (χ0v) is 12.0. The third-order valence-electron chi connectivity index (χ3n) is 3.17. The number of hydrogen-bond donors (Lipinski definition) is 1. The summed E-state index contributed by atoms with van der Waals surface area (Å²) in [5.74, 6) is 0. The predicted octanol–water partition coefficient (Wildman–Crippen LogP) is 2.27. The van der Waals surface area contributed by atoms with Crippen LogP contribution in [0, 0.1) is 0 Å². The summed E-state index contributed by atoms with van der Waals surface area (Å²) in [6.07, 6.45) is 3.60. The Morgan fingerprint density at radius 1 is 1.10 bits per heavy atom. The molecule has 3 rings (SSSR count). The second kappa shape index (κ2) is 5.33. The highest BCUT2D eigenvalue weighted by atomic mass is 32.2. The molecule has 5 nitrogen and oxygen atoms in total. The number of hydrogen-bond acceptors (Lipinski definition) is 4. The quantitative estimate of drug-likeness (QED) is 0.944. The molecule has 0 bridgehead atoms. The van der Waals surface area contributed by atoms with Crippen molar-refractivity contribution in [3.05, 3.63) is 60.8 Å². The van der Waals surface area contributed by atoms with Crippen LogP contribution in [0.4, 0.5) is 5.69 Å². The Kier molecular flexibility index (Phi) is 3.50. The van der Waals surface area contributed by atoms with E-state index in [2.05, 4.69) is 0 Å². The number of rotatable bonds is 3. The summed E-state index contributed by atoms with van der Waals surface area (Å²) in [5, 5.41) is 6.76. The molecule has 0 spiro atoms. The lowest BCUT2D eigenvalue weighted by Crippen LogP contribution is -2.16. The van der Waals surface area contributed by atoms with Gasteiger partial charge in [-0.15, -0.1) is 0 Å². The van der Waals surface area contributed by atoms with Crippen LogP contribution in [0.3, 0.4) is 0 Å². The molecular weight excluding hydrogens is 288 g/mol. The topological polar surface area (TPSA) is 72.6 Å². The Morgan fingerprint density at radius 3 is 2.48 bits per heavy atom. The van der Waals surface area contributed by atoms with Gasteiger partial charge < -0.3 is 0 Å². The van der Waals surface area contributed by atoms with Gasteiger partial charge in [-0.05, 0) is 23.8 Å². The Balaban J connectivity index is 2.18. The molecule has 108 valence electrons. The molecule has 1 aliphatic heterocycles. The minimum Gasteiger partial charge on any atom is -0.265 e. The summed E-state index contributed by atoms with van der Waals surface area (Å²) >= 11 is 0. The van der Waals surface area contributed by atoms with Crippen LogP contribution in [0.5, 0.6) is 0 Å². The molecule has 0 atom stereocenters. The maximum atomic E-state index is 11.5. The number of hydroxylamine groups is 1. The van der Waals surface area contributed by atoms with Gasteiger partial charge in [-0.1, -0.05) is 36.4 Å². The van der Waals surface area contributed by atoms with Gasteiger partial charge in [-0.3, -0.25) is 4.84 Å². The van der Waals surface area contributed by atoms with E-state index in [9.17, 15) is 8.42 Å². The fourth-order valence-electron chi connectivity index (χ4n) is 2.19. The summed E-state index contributed by atoms with van der Waals surface area (Å²) in [4.78, 5) is 5.51. The highest BCUT2D eigenvalue weighted by Crippen LogP contribution is 2.34. The summed E-state index contributed by atoms with van der Waals surface area (Å²) < 4.78 is 23.1. The lowest BCUT2D eigenvalue weighted by Gasteiger charge is -2.19. The van der Waals surface area contributed by atoms with E-state index in [0.29, 0.717) is 12.3 Å². The second-order valence-electron chi connectivity index (χ2n) is 4.60. The highest BCUT2D eigenvalue weighted by molar-refractivity contribution is 7.89. The van der Waals surface area contributed by atoms with E-state index < -0.39 is 10.0 Å². The predicted molar refractivity (Wildman–Crippen MR) is 80.8 cm³/mol. The summed E-state index contributed by atoms with van der Waals surface area (Å²) in [5.41, 5.74) is 2.48. The molecule has 0 saturated heterocycles. The number of primary sulfonamides is 1. The maximum absolute atomic E-state index is 11.5. The zero-order valence-electron chi connectivity index (χ0n) is 11.1. The first-order valence-corrected chi connectivity index (χ1v) is 7.91. The SMILES string of the molecule is NS(=O)(=O)c1ccc(-c2ccccc2)c(N2C=CCO2)c1. The van der Waals surface area contributed by atoms with Gasteiger partial charge in [-0.2, -0.15) is 0 Å². The van der Waals surface area contributed by atoms with Crippen molar-refractivity contribution in [3.8, 4) is 11.1 Å². The molecule has 2 aromatic rings. The van der Waals surface area contributed by atoms with E-state index in [1.165, 1.54) is 12.1 Å². The molecule has 0 amide bonds. The second-order valence-corrected chi connectivity index (χ2v) is 6.16. The standard InChI is InChI=1S/C15H14N2O3S/c16-21(18,19)13-7-8-14(12-5-2-1-3-6-12)15(11-13)17-9-4-10-20-17/h1-9,11H,10H2,(H2,16,18,19). The Labute approximate surface area is 123 Å². The molecular formula is C15H14N2O3S. The fourth-order valence-corrected chi connectivity index (χ4v) is 2.72. The van der Waals surface area contributed by atoms with Crippen molar-refractivity contribution in [2.45, 2.75) is 4.90 Å². The maximum Gasteiger partial charge on any atom is 0.238 e. The smallest absolute Gasteiger partial charge is 0.238 e. The van der Waals surface area contributed by atoms with Gasteiger partial charge in [0, 0.05) is 11.8 Å². The Morgan fingerprint density at radius 2 is 1.86 bits per heavy atom. The van der Waals surface area contributed by atoms with Gasteiger partial charge in [0.15, 0.2) is 0 Å². The molecule has 2 aromatic carbocycles. The normalized spacial score (nSPS) is 14.6. The van der Waals surface area contributed by atoms with E-state index in [1.807, 2.05) is 36.4 Å². The van der Waals surface area contributed by atoms with Gasteiger partial charge >= 0.3 is 0 Å². The first-order chi connectivity index (χ1) is 10.1. The molecule has 2 N–H and O–H groups in total. The van der Waals surface area contributed by atoms with Gasteiger partial charge in [0.25, 0.3) is 0 Å². The summed E-state index contributed by atoms with van der Waals surface area (Å²) in [7, 11) is -3.76. The van der Waals surface area contributed by atoms with Crippen LogP contribution >= 0.6 is 0 Å². The van der Waals surface area contributed by atoms with Crippen molar-refractivity contribution >= 4 is 15.7 Å². The van der Waals surface area contributed by atoms with Crippen LogP contribution in [-0.2, 0) is 14.9 Å². The lowest BCUT2D eigenvalue weighted by atomic mass is 10.0. The number of benzene rings is 2. The van der Waals surface area contributed by atoms with Crippen molar-refractivity contribution in [1.82, 2.24) is 0 Å². The van der Waals surface area contributed by atoms with Crippen molar-refractivity contribution in [2.24, 2.45) is 5.14 Å². The van der Waals surface area contributed by atoms with Crippen LogP contribution in [-0.4, -0.2) is 15.0 Å². The van der Waals surface area contributed by atoms with Crippen LogP contribution in [0.2, 0.25) is 0 Å². The molecule has 1 aliphatic rings. The van der Waals surface area contributed by atoms with Crippen LogP contribution < -0.4 is 10.2 Å². The van der Waals surface area contributed by atoms with Crippen LogP contribution in [0.1, 0.15) is 0 Å². The molecule has 1 heterocycles.